The summed E-state index contributed by atoms with van der Waals surface area (Å²) in [5.74, 6) is 1.25. The molecule has 4 rings (SSSR count). The number of nitrogens with one attached hydrogen (secondary N) is 1. The number of benzene rings is 1. The van der Waals surface area contributed by atoms with Gasteiger partial charge in [0, 0.05) is 53.8 Å². The molecule has 120 valence electrons. The maximum atomic E-state index is 11.4. The van der Waals surface area contributed by atoms with Crippen molar-refractivity contribution in [2.24, 2.45) is 5.10 Å². The van der Waals surface area contributed by atoms with Crippen LogP contribution in [0.3, 0.4) is 0 Å². The third kappa shape index (κ3) is 2.86. The molecular formula is C15H16N4O3S. The van der Waals surface area contributed by atoms with E-state index >= 15 is 0 Å². The number of nitrogens with zero attached hydrogens (tertiary/aromatic N) is 3. The highest BCUT2D eigenvalue weighted by atomic mass is 32.2. The van der Waals surface area contributed by atoms with Crippen LogP contribution in [0.1, 0.15) is 18.4 Å². The zero-order chi connectivity index (χ0) is 15.8. The number of amides is 1. The van der Waals surface area contributed by atoms with E-state index in [1.165, 1.54) is 0 Å². The topological polar surface area (TPSA) is 87.8 Å². The van der Waals surface area contributed by atoms with Gasteiger partial charge in [0.1, 0.15) is 5.52 Å². The summed E-state index contributed by atoms with van der Waals surface area (Å²) in [4.78, 5) is 17.7. The van der Waals surface area contributed by atoms with E-state index in [9.17, 15) is 9.00 Å². The Balaban J connectivity index is 1.62. The first-order valence-electron chi connectivity index (χ1n) is 7.55. The van der Waals surface area contributed by atoms with Gasteiger partial charge in [-0.2, -0.15) is 10.1 Å². The third-order valence-corrected chi connectivity index (χ3v) is 5.34. The maximum Gasteiger partial charge on any atom is 0.298 e. The molecule has 8 heteroatoms. The smallest absolute Gasteiger partial charge is 0.298 e. The van der Waals surface area contributed by atoms with E-state index in [0.29, 0.717) is 49.0 Å². The Kier molecular flexibility index (Phi) is 3.60. The van der Waals surface area contributed by atoms with Gasteiger partial charge in [-0.3, -0.25) is 9.00 Å². The first-order valence-corrected chi connectivity index (χ1v) is 9.04. The molecule has 0 unspecified atom stereocenters. The molecule has 0 radical (unpaired) electrons. The summed E-state index contributed by atoms with van der Waals surface area (Å²) < 4.78 is 17.3. The van der Waals surface area contributed by atoms with Gasteiger partial charge in [-0.15, -0.1) is 0 Å². The number of oxazole rings is 1. The van der Waals surface area contributed by atoms with E-state index < -0.39 is 10.8 Å². The van der Waals surface area contributed by atoms with E-state index in [2.05, 4.69) is 15.5 Å². The summed E-state index contributed by atoms with van der Waals surface area (Å²) >= 11 is 0. The van der Waals surface area contributed by atoms with Crippen LogP contribution in [0.5, 0.6) is 0 Å². The van der Waals surface area contributed by atoms with E-state index in [1.807, 2.05) is 23.1 Å². The Bertz CT molecular complexity index is 819. The number of aromatic nitrogens is 1. The van der Waals surface area contributed by atoms with E-state index in [1.54, 1.807) is 0 Å². The van der Waals surface area contributed by atoms with Gasteiger partial charge in [0.2, 0.25) is 5.91 Å². The van der Waals surface area contributed by atoms with Crippen molar-refractivity contribution in [1.82, 2.24) is 10.4 Å². The number of hydrazone groups is 1. The Morgan fingerprint density at radius 2 is 2.04 bits per heavy atom. The molecule has 2 aromatic rings. The summed E-state index contributed by atoms with van der Waals surface area (Å²) in [5.41, 5.74) is 5.77. The largest absolute Gasteiger partial charge is 0.423 e. The average molecular weight is 332 g/mol. The molecule has 1 fully saturated rings. The van der Waals surface area contributed by atoms with Crippen LogP contribution in [0.4, 0.5) is 6.01 Å². The second-order valence-electron chi connectivity index (χ2n) is 5.61. The van der Waals surface area contributed by atoms with Gasteiger partial charge < -0.3 is 9.32 Å². The number of fused-ring (bicyclic) bond motifs is 1. The minimum absolute atomic E-state index is 0.0562. The lowest BCUT2D eigenvalue weighted by Crippen LogP contribution is -2.37. The van der Waals surface area contributed by atoms with Crippen molar-refractivity contribution in [1.29, 1.82) is 0 Å². The molecule has 1 N–H and O–H groups in total. The van der Waals surface area contributed by atoms with Crippen LogP contribution in [0, 0.1) is 0 Å². The average Bonchev–Trinajstić information content (AvgIpc) is 2.99. The molecule has 1 aromatic heterocycles. The minimum Gasteiger partial charge on any atom is -0.423 e. The summed E-state index contributed by atoms with van der Waals surface area (Å²) in [7, 11) is -0.724. The summed E-state index contributed by atoms with van der Waals surface area (Å²) in [6.07, 6.45) is 1.07. The van der Waals surface area contributed by atoms with E-state index in [0.717, 1.165) is 16.8 Å². The van der Waals surface area contributed by atoms with Gasteiger partial charge in [-0.25, -0.2) is 5.43 Å². The molecule has 0 spiro atoms. The zero-order valence-electron chi connectivity index (χ0n) is 12.4. The molecule has 0 bridgehead atoms. The minimum atomic E-state index is -0.724. The number of carbonyl (C=O) groups is 1. The quantitative estimate of drug-likeness (QED) is 0.887. The second-order valence-corrected chi connectivity index (χ2v) is 7.30. The normalized spacial score (nSPS) is 19.7. The van der Waals surface area contributed by atoms with Crippen LogP contribution in [0.2, 0.25) is 0 Å². The number of anilines is 1. The predicted molar refractivity (Wildman–Crippen MR) is 88.0 cm³/mol. The molecule has 2 aliphatic heterocycles. The molecule has 2 aliphatic rings. The molecule has 3 heterocycles. The SMILES string of the molecule is O=C1CCC(c2ccc3nc(N4CCS(=O)CC4)oc3c2)=NN1. The van der Waals surface area contributed by atoms with Crippen LogP contribution in [-0.2, 0) is 15.6 Å². The Labute approximate surface area is 135 Å². The molecule has 7 nitrogen and oxygen atoms in total. The lowest BCUT2D eigenvalue weighted by Gasteiger charge is -2.24. The van der Waals surface area contributed by atoms with Gasteiger partial charge in [0.25, 0.3) is 6.01 Å². The molecule has 1 aromatic carbocycles. The molecule has 0 atom stereocenters. The monoisotopic (exact) mass is 332 g/mol. The Morgan fingerprint density at radius 1 is 1.22 bits per heavy atom. The molecule has 23 heavy (non-hydrogen) atoms. The molecule has 0 saturated carbocycles. The highest BCUT2D eigenvalue weighted by Gasteiger charge is 2.21. The first-order chi connectivity index (χ1) is 11.2. The van der Waals surface area contributed by atoms with Crippen LogP contribution in [-0.4, -0.2) is 45.4 Å². The van der Waals surface area contributed by atoms with Crippen molar-refractivity contribution in [3.63, 3.8) is 0 Å². The fraction of sp³-hybridized carbons (Fsp3) is 0.400. The Hall–Kier alpha value is -2.22. The zero-order valence-corrected chi connectivity index (χ0v) is 13.3. The van der Waals surface area contributed by atoms with Crippen LogP contribution in [0.15, 0.2) is 27.7 Å². The lowest BCUT2D eigenvalue weighted by atomic mass is 10.0. The fourth-order valence-corrected chi connectivity index (χ4v) is 3.79. The fourth-order valence-electron chi connectivity index (χ4n) is 2.74. The van der Waals surface area contributed by atoms with Crippen molar-refractivity contribution in [3.8, 4) is 0 Å². The summed E-state index contributed by atoms with van der Waals surface area (Å²) in [5, 5.41) is 4.10. The molecule has 1 amide bonds. The van der Waals surface area contributed by atoms with E-state index in [4.69, 9.17) is 4.42 Å². The van der Waals surface area contributed by atoms with Crippen LogP contribution < -0.4 is 10.3 Å². The summed E-state index contributed by atoms with van der Waals surface area (Å²) in [6, 6.07) is 6.33. The van der Waals surface area contributed by atoms with Crippen molar-refractivity contribution in [3.05, 3.63) is 23.8 Å². The van der Waals surface area contributed by atoms with Crippen LogP contribution in [0.25, 0.3) is 11.1 Å². The van der Waals surface area contributed by atoms with Gasteiger partial charge in [-0.1, -0.05) is 6.07 Å². The van der Waals surface area contributed by atoms with Crippen molar-refractivity contribution < 1.29 is 13.4 Å². The highest BCUT2D eigenvalue weighted by Crippen LogP contribution is 2.25. The van der Waals surface area contributed by atoms with Gasteiger partial charge in [-0.05, 0) is 12.1 Å². The molecular weight excluding hydrogens is 316 g/mol. The van der Waals surface area contributed by atoms with Gasteiger partial charge in [0.05, 0.1) is 5.71 Å². The highest BCUT2D eigenvalue weighted by molar-refractivity contribution is 7.85. The Morgan fingerprint density at radius 3 is 2.78 bits per heavy atom. The molecule has 0 aliphatic carbocycles. The predicted octanol–water partition coefficient (Wildman–Crippen LogP) is 1.01. The first kappa shape index (κ1) is 14.4. The standard InChI is InChI=1S/C15H16N4O3S/c20-14-4-3-11(17-18-14)10-1-2-12-13(9-10)22-15(16-12)19-5-7-23(21)8-6-19/h1-2,9H,3-8H2,(H,18,20). The van der Waals surface area contributed by atoms with Crippen molar-refractivity contribution in [2.45, 2.75) is 12.8 Å². The second kappa shape index (κ2) is 5.77. The maximum absolute atomic E-state index is 11.4. The summed E-state index contributed by atoms with van der Waals surface area (Å²) in [6.45, 7) is 1.40. The number of hydrogen-bond donors (Lipinski definition) is 1. The van der Waals surface area contributed by atoms with Crippen molar-refractivity contribution in [2.75, 3.05) is 29.5 Å². The molecule has 1 saturated heterocycles. The third-order valence-electron chi connectivity index (χ3n) is 4.06. The lowest BCUT2D eigenvalue weighted by molar-refractivity contribution is -0.121. The number of carbonyl (C=O) groups excluding carboxylic acids is 1. The van der Waals surface area contributed by atoms with Gasteiger partial charge >= 0.3 is 0 Å². The number of rotatable bonds is 2. The van der Waals surface area contributed by atoms with Gasteiger partial charge in [0.15, 0.2) is 5.58 Å². The number of hydrogen-bond acceptors (Lipinski definition) is 6. The van der Waals surface area contributed by atoms with E-state index in [-0.39, 0.29) is 5.91 Å². The van der Waals surface area contributed by atoms with Crippen molar-refractivity contribution >= 4 is 39.5 Å². The van der Waals surface area contributed by atoms with Crippen LogP contribution >= 0.6 is 0 Å².